The number of likely N-dealkylation sites (tertiary alicyclic amines) is 1. The maximum Gasteiger partial charge on any atom is 0.0144 e. The molecule has 0 aromatic carbocycles. The van der Waals surface area contributed by atoms with Gasteiger partial charge in [0.15, 0.2) is 0 Å². The van der Waals surface area contributed by atoms with Crippen molar-refractivity contribution >= 4 is 12.6 Å². The Morgan fingerprint density at radius 2 is 2.11 bits per heavy atom. The van der Waals surface area contributed by atoms with Crippen LogP contribution < -0.4 is 0 Å². The molecule has 1 nitrogen and oxygen atoms in total. The van der Waals surface area contributed by atoms with E-state index < -0.39 is 0 Å². The summed E-state index contributed by atoms with van der Waals surface area (Å²) in [6.07, 6.45) is 6.60. The van der Waals surface area contributed by atoms with Gasteiger partial charge in [-0.25, -0.2) is 0 Å². The Balaban J connectivity index is 2.69. The first-order valence-corrected chi connectivity index (χ1v) is 8.20. The van der Waals surface area contributed by atoms with E-state index in [1.165, 1.54) is 45.2 Å². The molecule has 1 saturated heterocycles. The molecule has 1 heterocycles. The summed E-state index contributed by atoms with van der Waals surface area (Å²) >= 11 is 5.05. The first-order chi connectivity index (χ1) is 8.35. The summed E-state index contributed by atoms with van der Waals surface area (Å²) in [4.78, 5) is 2.52. The molecule has 0 saturated carbocycles. The molecule has 0 aromatic rings. The minimum atomic E-state index is 0.204. The van der Waals surface area contributed by atoms with Crippen molar-refractivity contribution in [1.29, 1.82) is 0 Å². The van der Waals surface area contributed by atoms with Gasteiger partial charge in [-0.2, -0.15) is 12.6 Å². The Kier molecular flexibility index (Phi) is 6.54. The smallest absolute Gasteiger partial charge is 0.0144 e. The van der Waals surface area contributed by atoms with Crippen LogP contribution in [0.4, 0.5) is 0 Å². The zero-order valence-corrected chi connectivity index (χ0v) is 14.0. The highest BCUT2D eigenvalue weighted by atomic mass is 32.1. The lowest BCUT2D eigenvalue weighted by atomic mass is 9.77. The van der Waals surface area contributed by atoms with Crippen LogP contribution in [0.1, 0.15) is 59.8 Å². The molecule has 0 N–H and O–H groups in total. The lowest BCUT2D eigenvalue weighted by Crippen LogP contribution is -2.42. The molecule has 4 atom stereocenters. The van der Waals surface area contributed by atoms with Gasteiger partial charge in [-0.1, -0.05) is 40.5 Å². The van der Waals surface area contributed by atoms with Gasteiger partial charge in [0.2, 0.25) is 0 Å². The number of nitrogens with zero attached hydrogens (tertiary/aromatic N) is 1. The summed E-state index contributed by atoms with van der Waals surface area (Å²) in [6, 6.07) is 0. The molecule has 1 aliphatic rings. The van der Waals surface area contributed by atoms with Gasteiger partial charge >= 0.3 is 0 Å². The molecule has 1 aliphatic heterocycles. The van der Waals surface area contributed by atoms with E-state index in [1.807, 2.05) is 0 Å². The molecule has 18 heavy (non-hydrogen) atoms. The average molecular weight is 272 g/mol. The maximum atomic E-state index is 5.05. The number of hydrogen-bond acceptors (Lipinski definition) is 2. The van der Waals surface area contributed by atoms with Crippen LogP contribution in [0.5, 0.6) is 0 Å². The summed E-state index contributed by atoms with van der Waals surface area (Å²) in [5.74, 6) is 2.38. The van der Waals surface area contributed by atoms with Gasteiger partial charge in [0, 0.05) is 11.3 Å². The predicted octanol–water partition coefficient (Wildman–Crippen LogP) is 4.48. The quantitative estimate of drug-likeness (QED) is 0.738. The topological polar surface area (TPSA) is 3.24 Å². The van der Waals surface area contributed by atoms with Crippen LogP contribution in [-0.4, -0.2) is 29.8 Å². The predicted molar refractivity (Wildman–Crippen MR) is 85.5 cm³/mol. The van der Waals surface area contributed by atoms with Gasteiger partial charge in [0.25, 0.3) is 0 Å². The van der Waals surface area contributed by atoms with Crippen LogP contribution in [0.15, 0.2) is 0 Å². The summed E-state index contributed by atoms with van der Waals surface area (Å²) in [6.45, 7) is 11.9. The molecule has 0 aliphatic carbocycles. The highest BCUT2D eigenvalue weighted by molar-refractivity contribution is 7.81. The van der Waals surface area contributed by atoms with E-state index >= 15 is 0 Å². The standard InChI is InChI=1S/C16H33NS/c1-6-7-13(2)10-15-12-17(5)9-8-14(3)11-16(15,4)18/h13-15,18H,6-12H2,1-5H3. The molecule has 0 amide bonds. The van der Waals surface area contributed by atoms with Gasteiger partial charge in [-0.15, -0.1) is 0 Å². The minimum Gasteiger partial charge on any atom is -0.306 e. The maximum absolute atomic E-state index is 5.05. The second kappa shape index (κ2) is 7.19. The Labute approximate surface area is 120 Å². The highest BCUT2D eigenvalue weighted by Crippen LogP contribution is 2.38. The third-order valence-electron chi connectivity index (χ3n) is 4.65. The number of hydrogen-bond donors (Lipinski definition) is 1. The van der Waals surface area contributed by atoms with Crippen molar-refractivity contribution in [2.24, 2.45) is 17.8 Å². The lowest BCUT2D eigenvalue weighted by Gasteiger charge is -2.41. The van der Waals surface area contributed by atoms with E-state index in [0.29, 0.717) is 0 Å². The third kappa shape index (κ3) is 5.13. The number of rotatable bonds is 4. The largest absolute Gasteiger partial charge is 0.306 e. The minimum absolute atomic E-state index is 0.204. The fourth-order valence-corrected chi connectivity index (χ4v) is 4.00. The molecule has 0 radical (unpaired) electrons. The molecule has 108 valence electrons. The van der Waals surface area contributed by atoms with Crippen LogP contribution in [-0.2, 0) is 0 Å². The van der Waals surface area contributed by atoms with E-state index in [4.69, 9.17) is 12.6 Å². The summed E-state index contributed by atoms with van der Waals surface area (Å²) < 4.78 is 0.204. The molecular weight excluding hydrogens is 238 g/mol. The van der Waals surface area contributed by atoms with Crippen LogP contribution in [0.3, 0.4) is 0 Å². The van der Waals surface area contributed by atoms with Crippen molar-refractivity contribution in [3.05, 3.63) is 0 Å². The second-order valence-corrected chi connectivity index (χ2v) is 8.07. The Morgan fingerprint density at radius 1 is 1.44 bits per heavy atom. The molecule has 1 rings (SSSR count). The summed E-state index contributed by atoms with van der Waals surface area (Å²) in [5, 5.41) is 0. The van der Waals surface area contributed by atoms with Gasteiger partial charge in [-0.3, -0.25) is 0 Å². The van der Waals surface area contributed by atoms with E-state index in [1.54, 1.807) is 0 Å². The van der Waals surface area contributed by atoms with Gasteiger partial charge in [-0.05, 0) is 50.6 Å². The number of thiol groups is 1. The molecule has 0 spiro atoms. The molecule has 4 unspecified atom stereocenters. The van der Waals surface area contributed by atoms with Crippen LogP contribution in [0, 0.1) is 17.8 Å². The average Bonchev–Trinajstić information content (AvgIpc) is 2.24. The van der Waals surface area contributed by atoms with Gasteiger partial charge in [0.05, 0.1) is 0 Å². The lowest BCUT2D eigenvalue weighted by molar-refractivity contribution is 0.163. The second-order valence-electron chi connectivity index (χ2n) is 7.04. The van der Waals surface area contributed by atoms with E-state index in [9.17, 15) is 0 Å². The van der Waals surface area contributed by atoms with Crippen molar-refractivity contribution in [2.45, 2.75) is 64.5 Å². The van der Waals surface area contributed by atoms with Crippen molar-refractivity contribution in [3.63, 3.8) is 0 Å². The van der Waals surface area contributed by atoms with E-state index in [-0.39, 0.29) is 4.75 Å². The first-order valence-electron chi connectivity index (χ1n) is 7.76. The Hall–Kier alpha value is 0.310. The molecule has 0 aromatic heterocycles. The van der Waals surface area contributed by atoms with Crippen molar-refractivity contribution in [2.75, 3.05) is 20.1 Å². The van der Waals surface area contributed by atoms with Crippen molar-refractivity contribution in [3.8, 4) is 0 Å². The zero-order chi connectivity index (χ0) is 13.8. The molecule has 2 heteroatoms. The van der Waals surface area contributed by atoms with Crippen molar-refractivity contribution < 1.29 is 0 Å². The van der Waals surface area contributed by atoms with Gasteiger partial charge in [0.1, 0.15) is 0 Å². The SMILES string of the molecule is CCCC(C)CC1CN(C)CCC(C)CC1(C)S. The van der Waals surface area contributed by atoms with Crippen LogP contribution in [0.2, 0.25) is 0 Å². The highest BCUT2D eigenvalue weighted by Gasteiger charge is 2.35. The van der Waals surface area contributed by atoms with E-state index in [2.05, 4.69) is 39.6 Å². The van der Waals surface area contributed by atoms with Crippen LogP contribution >= 0.6 is 12.6 Å². The zero-order valence-electron chi connectivity index (χ0n) is 13.1. The summed E-state index contributed by atoms with van der Waals surface area (Å²) in [5.41, 5.74) is 0. The Morgan fingerprint density at radius 3 is 2.72 bits per heavy atom. The summed E-state index contributed by atoms with van der Waals surface area (Å²) in [7, 11) is 2.28. The monoisotopic (exact) mass is 271 g/mol. The first kappa shape index (κ1) is 16.4. The molecule has 0 bridgehead atoms. The Bertz CT molecular complexity index is 239. The fraction of sp³-hybridized carbons (Fsp3) is 1.00. The van der Waals surface area contributed by atoms with Crippen LogP contribution in [0.25, 0.3) is 0 Å². The van der Waals surface area contributed by atoms with Crippen molar-refractivity contribution in [1.82, 2.24) is 4.90 Å². The van der Waals surface area contributed by atoms with Gasteiger partial charge < -0.3 is 4.90 Å². The third-order valence-corrected chi connectivity index (χ3v) is 5.19. The van der Waals surface area contributed by atoms with E-state index in [0.717, 1.165) is 17.8 Å². The molecular formula is C16H33NS. The normalized spacial score (nSPS) is 37.0. The fourth-order valence-electron chi connectivity index (χ4n) is 3.50. The molecule has 1 fully saturated rings.